The van der Waals surface area contributed by atoms with Gasteiger partial charge in [0.15, 0.2) is 5.69 Å². The molecule has 150 valence electrons. The van der Waals surface area contributed by atoms with E-state index in [-0.39, 0.29) is 17.0 Å². The van der Waals surface area contributed by atoms with E-state index in [4.69, 9.17) is 9.47 Å². The first-order chi connectivity index (χ1) is 14.7. The van der Waals surface area contributed by atoms with E-state index >= 15 is 0 Å². The van der Waals surface area contributed by atoms with E-state index in [1.807, 2.05) is 42.5 Å². The van der Waals surface area contributed by atoms with E-state index in [0.29, 0.717) is 16.9 Å². The molecule has 0 spiro atoms. The molecule has 0 fully saturated rings. The minimum Gasteiger partial charge on any atom is -0.465 e. The van der Waals surface area contributed by atoms with Crippen LogP contribution in [0.2, 0.25) is 0 Å². The van der Waals surface area contributed by atoms with Crippen molar-refractivity contribution in [3.63, 3.8) is 0 Å². The molecule has 8 heteroatoms. The highest BCUT2D eigenvalue weighted by Crippen LogP contribution is 2.32. The Morgan fingerprint density at radius 3 is 2.23 bits per heavy atom. The minimum atomic E-state index is -0.699. The monoisotopic (exact) mass is 402 g/mol. The second-order valence-electron chi connectivity index (χ2n) is 6.27. The summed E-state index contributed by atoms with van der Waals surface area (Å²) in [7, 11) is 2.51. The number of rotatable bonds is 5. The minimum absolute atomic E-state index is 0.0131. The summed E-state index contributed by atoms with van der Waals surface area (Å²) in [5.74, 6) is -1.39. The quantitative estimate of drug-likeness (QED) is 0.476. The molecule has 0 bridgehead atoms. The van der Waals surface area contributed by atoms with Gasteiger partial charge in [-0.1, -0.05) is 36.4 Å². The van der Waals surface area contributed by atoms with E-state index in [2.05, 4.69) is 10.2 Å². The van der Waals surface area contributed by atoms with Crippen molar-refractivity contribution >= 4 is 11.9 Å². The molecule has 0 aliphatic rings. The van der Waals surface area contributed by atoms with E-state index < -0.39 is 11.9 Å². The fraction of sp³-hybridized carbons (Fsp3) is 0.0909. The lowest BCUT2D eigenvalue weighted by atomic mass is 10.0. The number of nitrogens with zero attached hydrogens (tertiary/aromatic N) is 4. The third-order valence-electron chi connectivity index (χ3n) is 4.56. The van der Waals surface area contributed by atoms with Crippen molar-refractivity contribution in [2.75, 3.05) is 14.2 Å². The first-order valence-electron chi connectivity index (χ1n) is 9.10. The lowest BCUT2D eigenvalue weighted by Gasteiger charge is -2.09. The first kappa shape index (κ1) is 19.1. The van der Waals surface area contributed by atoms with Gasteiger partial charge < -0.3 is 9.47 Å². The van der Waals surface area contributed by atoms with Crippen LogP contribution < -0.4 is 0 Å². The Morgan fingerprint density at radius 2 is 1.57 bits per heavy atom. The van der Waals surface area contributed by atoms with Crippen molar-refractivity contribution in [2.24, 2.45) is 0 Å². The van der Waals surface area contributed by atoms with Crippen LogP contribution in [0.3, 0.4) is 0 Å². The number of methoxy groups -OCH3 is 2. The molecule has 4 aromatic rings. The van der Waals surface area contributed by atoms with Crippen LogP contribution in [0.5, 0.6) is 0 Å². The molecule has 0 atom stereocenters. The number of benzene rings is 2. The maximum Gasteiger partial charge on any atom is 0.357 e. The third kappa shape index (κ3) is 3.24. The Kier molecular flexibility index (Phi) is 5.13. The molecular weight excluding hydrogens is 384 g/mol. The maximum absolute atomic E-state index is 12.8. The Hall–Kier alpha value is -4.20. The zero-order chi connectivity index (χ0) is 21.1. The van der Waals surface area contributed by atoms with Crippen molar-refractivity contribution in [1.82, 2.24) is 19.6 Å². The van der Waals surface area contributed by atoms with Crippen molar-refractivity contribution < 1.29 is 19.1 Å². The lowest BCUT2D eigenvalue weighted by Crippen LogP contribution is -2.15. The van der Waals surface area contributed by atoms with Crippen LogP contribution in [0.1, 0.15) is 20.8 Å². The number of hydrogen-bond acceptors (Lipinski definition) is 6. The summed E-state index contributed by atoms with van der Waals surface area (Å²) < 4.78 is 13.0. The van der Waals surface area contributed by atoms with Crippen LogP contribution in [0.15, 0.2) is 73.1 Å². The summed E-state index contributed by atoms with van der Waals surface area (Å²) in [6.45, 7) is 0. The number of aromatic nitrogens is 4. The summed E-state index contributed by atoms with van der Waals surface area (Å²) in [5, 5.41) is 8.91. The van der Waals surface area contributed by atoms with E-state index in [0.717, 1.165) is 0 Å². The fourth-order valence-corrected chi connectivity index (χ4v) is 3.23. The smallest absolute Gasteiger partial charge is 0.357 e. The summed E-state index contributed by atoms with van der Waals surface area (Å²) in [5.41, 5.74) is 2.21. The zero-order valence-corrected chi connectivity index (χ0v) is 16.4. The van der Waals surface area contributed by atoms with Crippen LogP contribution in [-0.4, -0.2) is 45.7 Å². The average molecular weight is 402 g/mol. The maximum atomic E-state index is 12.8. The topological polar surface area (TPSA) is 88.2 Å². The van der Waals surface area contributed by atoms with Gasteiger partial charge in [0, 0.05) is 18.0 Å². The Morgan fingerprint density at radius 1 is 0.867 bits per heavy atom. The number of carbonyl (C=O) groups is 2. The standard InChI is InChI=1S/C22H18N4O4/c1-29-21(27)18-19(16-11-6-7-12-17(16)25-14-8-13-23-25)24-26(20(18)22(28)30-2)15-9-4-3-5-10-15/h3-14H,1-2H3. The molecule has 0 saturated carbocycles. The molecule has 2 aromatic carbocycles. The second kappa shape index (κ2) is 8.04. The van der Waals surface area contributed by atoms with Gasteiger partial charge in [0.2, 0.25) is 0 Å². The normalized spacial score (nSPS) is 10.6. The van der Waals surface area contributed by atoms with Crippen LogP contribution >= 0.6 is 0 Å². The third-order valence-corrected chi connectivity index (χ3v) is 4.56. The summed E-state index contributed by atoms with van der Waals surface area (Å²) in [6, 6.07) is 18.2. The molecule has 30 heavy (non-hydrogen) atoms. The van der Waals surface area contributed by atoms with Crippen molar-refractivity contribution in [1.29, 1.82) is 0 Å². The zero-order valence-electron chi connectivity index (χ0n) is 16.4. The second-order valence-corrected chi connectivity index (χ2v) is 6.27. The van der Waals surface area contributed by atoms with Crippen LogP contribution in [-0.2, 0) is 9.47 Å². The van der Waals surface area contributed by atoms with Gasteiger partial charge >= 0.3 is 11.9 Å². The molecule has 2 heterocycles. The first-order valence-corrected chi connectivity index (χ1v) is 9.10. The summed E-state index contributed by atoms with van der Waals surface area (Å²) in [6.07, 6.45) is 3.44. The Labute approximate surface area is 172 Å². The molecule has 2 aromatic heterocycles. The van der Waals surface area contributed by atoms with Gasteiger partial charge in [-0.15, -0.1) is 0 Å². The molecule has 0 amide bonds. The average Bonchev–Trinajstić information content (AvgIpc) is 3.47. The molecule has 8 nitrogen and oxygen atoms in total. The van der Waals surface area contributed by atoms with Crippen molar-refractivity contribution in [3.8, 4) is 22.6 Å². The molecule has 0 aliphatic carbocycles. The highest BCUT2D eigenvalue weighted by atomic mass is 16.5. The van der Waals surface area contributed by atoms with Crippen molar-refractivity contribution in [2.45, 2.75) is 0 Å². The van der Waals surface area contributed by atoms with Gasteiger partial charge in [0.1, 0.15) is 11.3 Å². The van der Waals surface area contributed by atoms with Crippen LogP contribution in [0.4, 0.5) is 0 Å². The van der Waals surface area contributed by atoms with E-state index in [9.17, 15) is 9.59 Å². The Balaban J connectivity index is 2.06. The molecule has 4 rings (SSSR count). The number of esters is 2. The van der Waals surface area contributed by atoms with Crippen LogP contribution in [0, 0.1) is 0 Å². The number of carbonyl (C=O) groups excluding carboxylic acids is 2. The number of hydrogen-bond donors (Lipinski definition) is 0. The van der Waals surface area contributed by atoms with Crippen molar-refractivity contribution in [3.05, 3.63) is 84.3 Å². The number of ether oxygens (including phenoxy) is 2. The molecule has 0 unspecified atom stereocenters. The molecular formula is C22H18N4O4. The van der Waals surface area contributed by atoms with Gasteiger partial charge in [0.05, 0.1) is 25.6 Å². The van der Waals surface area contributed by atoms with Gasteiger partial charge in [-0.25, -0.2) is 19.0 Å². The molecule has 0 N–H and O–H groups in total. The predicted molar refractivity (Wildman–Crippen MR) is 109 cm³/mol. The number of para-hydroxylation sites is 2. The van der Waals surface area contributed by atoms with E-state index in [1.165, 1.54) is 18.9 Å². The highest BCUT2D eigenvalue weighted by Gasteiger charge is 2.32. The Bertz CT molecular complexity index is 1200. The van der Waals surface area contributed by atoms with Gasteiger partial charge in [-0.05, 0) is 24.3 Å². The summed E-state index contributed by atoms with van der Waals surface area (Å²) in [4.78, 5) is 25.5. The van der Waals surface area contributed by atoms with E-state index in [1.54, 1.807) is 35.3 Å². The van der Waals surface area contributed by atoms with Gasteiger partial charge in [0.25, 0.3) is 0 Å². The molecule has 0 aliphatic heterocycles. The fourth-order valence-electron chi connectivity index (χ4n) is 3.23. The largest absolute Gasteiger partial charge is 0.465 e. The SMILES string of the molecule is COC(=O)c1c(-c2ccccc2-n2cccn2)nn(-c2ccccc2)c1C(=O)OC. The molecule has 0 saturated heterocycles. The van der Waals surface area contributed by atoms with Gasteiger partial charge in [-0.2, -0.15) is 10.2 Å². The lowest BCUT2D eigenvalue weighted by molar-refractivity contribution is 0.0549. The highest BCUT2D eigenvalue weighted by molar-refractivity contribution is 6.07. The van der Waals surface area contributed by atoms with Gasteiger partial charge in [-0.3, -0.25) is 0 Å². The summed E-state index contributed by atoms with van der Waals surface area (Å²) >= 11 is 0. The predicted octanol–water partition coefficient (Wildman–Crippen LogP) is 3.30. The van der Waals surface area contributed by atoms with Crippen LogP contribution in [0.25, 0.3) is 22.6 Å². The molecule has 0 radical (unpaired) electrons.